The Kier molecular flexibility index (Phi) is 5.91. The first-order valence-electron chi connectivity index (χ1n) is 3.94. The summed E-state index contributed by atoms with van der Waals surface area (Å²) in [6.45, 7) is -5.10. The fraction of sp³-hybridized carbons (Fsp3) is 0. The minimum Gasteiger partial charge on any atom is -0.507 e. The Morgan fingerprint density at radius 2 is 1.44 bits per heavy atom. The maximum Gasteiger partial charge on any atom is 1.00 e. The molecule has 0 fully saturated rings. The van der Waals surface area contributed by atoms with Gasteiger partial charge in [0.1, 0.15) is 5.75 Å². The second kappa shape index (κ2) is 5.97. The van der Waals surface area contributed by atoms with Crippen LogP contribution in [0.1, 0.15) is 5.56 Å². The summed E-state index contributed by atoms with van der Waals surface area (Å²) in [5, 5.41) is 27.0. The summed E-state index contributed by atoms with van der Waals surface area (Å²) in [4.78, 5) is 0. The molecule has 0 aromatic heterocycles. The van der Waals surface area contributed by atoms with E-state index in [2.05, 4.69) is 0 Å². The van der Waals surface area contributed by atoms with Gasteiger partial charge < -0.3 is 28.3 Å². The molecule has 16 heavy (non-hydrogen) atoms. The number of phenolic OH excluding ortho intramolecular Hbond substituents is 3. The molecule has 0 spiro atoms. The molecule has 0 aliphatic heterocycles. The summed E-state index contributed by atoms with van der Waals surface area (Å²) in [7, 11) is 0. The zero-order chi connectivity index (χ0) is 11.6. The molecule has 0 unspecified atom stereocenters. The molecule has 0 saturated carbocycles. The minimum atomic E-state index is -5.10. The molecule has 3 nitrogen and oxygen atoms in total. The number of halogens is 3. The first-order valence-corrected chi connectivity index (χ1v) is 3.94. The van der Waals surface area contributed by atoms with Gasteiger partial charge in [0.25, 0.3) is 0 Å². The van der Waals surface area contributed by atoms with Crippen molar-refractivity contribution >= 4 is 13.1 Å². The van der Waals surface area contributed by atoms with Crippen LogP contribution in [-0.2, 0) is 0 Å². The third-order valence-corrected chi connectivity index (χ3v) is 1.62. The first-order chi connectivity index (χ1) is 6.79. The molecule has 0 heterocycles. The van der Waals surface area contributed by atoms with Gasteiger partial charge in [-0.15, -0.1) is 5.98 Å². The number of aromatic hydroxyl groups is 3. The van der Waals surface area contributed by atoms with E-state index < -0.39 is 24.2 Å². The molecule has 0 aliphatic carbocycles. The van der Waals surface area contributed by atoms with Gasteiger partial charge >= 0.3 is 58.4 Å². The van der Waals surface area contributed by atoms with Crippen LogP contribution in [0.15, 0.2) is 18.1 Å². The maximum absolute atomic E-state index is 11.8. The van der Waals surface area contributed by atoms with Crippen molar-refractivity contribution in [3.05, 3.63) is 23.7 Å². The second-order valence-electron chi connectivity index (χ2n) is 2.88. The Labute approximate surface area is 132 Å². The van der Waals surface area contributed by atoms with Crippen molar-refractivity contribution in [3.8, 4) is 17.2 Å². The Morgan fingerprint density at radius 3 is 1.94 bits per heavy atom. The Balaban J connectivity index is 0.00000225. The van der Waals surface area contributed by atoms with Gasteiger partial charge in [0.2, 0.25) is 0 Å². The quantitative estimate of drug-likeness (QED) is 0.370. The average molecular weight is 258 g/mol. The normalized spacial score (nSPS) is 11.4. The van der Waals surface area contributed by atoms with Crippen LogP contribution in [0.4, 0.5) is 12.9 Å². The Morgan fingerprint density at radius 1 is 0.938 bits per heavy atom. The smallest absolute Gasteiger partial charge is 0.507 e. The van der Waals surface area contributed by atoms with E-state index in [0.717, 1.165) is 12.1 Å². The monoisotopic (exact) mass is 258 g/mol. The van der Waals surface area contributed by atoms with E-state index in [4.69, 9.17) is 15.3 Å². The van der Waals surface area contributed by atoms with Crippen molar-refractivity contribution in [3.63, 3.8) is 0 Å². The molecule has 8 heteroatoms. The van der Waals surface area contributed by atoms with Crippen LogP contribution >= 0.6 is 0 Å². The van der Waals surface area contributed by atoms with E-state index in [0.29, 0.717) is 6.08 Å². The fourth-order valence-electron chi connectivity index (χ4n) is 0.928. The van der Waals surface area contributed by atoms with Crippen LogP contribution in [0.3, 0.4) is 0 Å². The molecular weight excluding hydrogens is 251 g/mol. The minimum absolute atomic E-state index is 0. The molecule has 1 aromatic rings. The molecular formula is C8H7BF3KO3. The van der Waals surface area contributed by atoms with Crippen LogP contribution in [0.5, 0.6) is 17.2 Å². The van der Waals surface area contributed by atoms with Gasteiger partial charge in [-0.05, 0) is 6.07 Å². The van der Waals surface area contributed by atoms with E-state index >= 15 is 0 Å². The van der Waals surface area contributed by atoms with E-state index in [1.807, 2.05) is 0 Å². The SMILES string of the molecule is Oc1cc(O)c(/C=C/[B-](F)(F)F)cc1O.[K+]. The summed E-state index contributed by atoms with van der Waals surface area (Å²) in [6.07, 6.45) is 0.620. The van der Waals surface area contributed by atoms with Gasteiger partial charge in [0.15, 0.2) is 11.5 Å². The summed E-state index contributed by atoms with van der Waals surface area (Å²) in [5.41, 5.74) is -0.218. The Hall–Kier alpha value is -0.149. The molecule has 1 aromatic carbocycles. The van der Waals surface area contributed by atoms with Crippen LogP contribution in [-0.4, -0.2) is 22.3 Å². The molecule has 0 saturated heterocycles. The standard InChI is InChI=1S/C8H7BF3O3.K/c10-9(11,12)2-1-5-3-7(14)8(15)4-6(5)13;/h1-4,13-15H;/q-1;+1/b2-1+;. The summed E-state index contributed by atoms with van der Waals surface area (Å²) >= 11 is 0. The van der Waals surface area contributed by atoms with Crippen molar-refractivity contribution in [2.45, 2.75) is 0 Å². The molecule has 0 atom stereocenters. The zero-order valence-electron chi connectivity index (χ0n) is 8.36. The van der Waals surface area contributed by atoms with Crippen LogP contribution < -0.4 is 51.4 Å². The maximum atomic E-state index is 11.8. The number of phenols is 3. The van der Waals surface area contributed by atoms with Gasteiger partial charge in [-0.25, -0.2) is 0 Å². The van der Waals surface area contributed by atoms with E-state index in [1.165, 1.54) is 0 Å². The molecule has 0 aliphatic rings. The first kappa shape index (κ1) is 15.9. The van der Waals surface area contributed by atoms with Crippen molar-refractivity contribution in [1.82, 2.24) is 0 Å². The van der Waals surface area contributed by atoms with Gasteiger partial charge in [0, 0.05) is 11.6 Å². The van der Waals surface area contributed by atoms with Gasteiger partial charge in [-0.1, -0.05) is 6.08 Å². The predicted octanol–water partition coefficient (Wildman–Crippen LogP) is -0.793. The Bertz CT molecular complexity index is 406. The number of benzene rings is 1. The van der Waals surface area contributed by atoms with Crippen molar-refractivity contribution in [2.24, 2.45) is 0 Å². The average Bonchev–Trinajstić information content (AvgIpc) is 2.07. The summed E-state index contributed by atoms with van der Waals surface area (Å²) < 4.78 is 35.5. The molecule has 82 valence electrons. The third kappa shape index (κ3) is 4.79. The summed E-state index contributed by atoms with van der Waals surface area (Å²) in [5.74, 6) is -1.75. The molecule has 0 bridgehead atoms. The molecule has 3 N–H and O–H groups in total. The van der Waals surface area contributed by atoms with Crippen molar-refractivity contribution < 1.29 is 79.7 Å². The fourth-order valence-corrected chi connectivity index (χ4v) is 0.928. The van der Waals surface area contributed by atoms with Crippen LogP contribution in [0.2, 0.25) is 0 Å². The van der Waals surface area contributed by atoms with Crippen LogP contribution in [0, 0.1) is 0 Å². The second-order valence-corrected chi connectivity index (χ2v) is 2.88. The van der Waals surface area contributed by atoms with Crippen molar-refractivity contribution in [2.75, 3.05) is 0 Å². The van der Waals surface area contributed by atoms with Gasteiger partial charge in [-0.3, -0.25) is 0 Å². The van der Waals surface area contributed by atoms with Crippen molar-refractivity contribution in [1.29, 1.82) is 0 Å². The van der Waals surface area contributed by atoms with E-state index in [9.17, 15) is 12.9 Å². The largest absolute Gasteiger partial charge is 1.00 e. The predicted molar refractivity (Wildman–Crippen MR) is 49.5 cm³/mol. The van der Waals surface area contributed by atoms with E-state index in [-0.39, 0.29) is 62.9 Å². The van der Waals surface area contributed by atoms with Crippen LogP contribution in [0.25, 0.3) is 6.08 Å². The number of hydrogen-bond donors (Lipinski definition) is 3. The molecule has 0 amide bonds. The molecule has 1 rings (SSSR count). The third-order valence-electron chi connectivity index (χ3n) is 1.62. The van der Waals surface area contributed by atoms with Gasteiger partial charge in [-0.2, -0.15) is 0 Å². The zero-order valence-corrected chi connectivity index (χ0v) is 11.5. The molecule has 0 radical (unpaired) electrons. The number of rotatable bonds is 2. The summed E-state index contributed by atoms with van der Waals surface area (Å²) in [6, 6.07) is 1.60. The van der Waals surface area contributed by atoms with E-state index in [1.54, 1.807) is 0 Å². The van der Waals surface area contributed by atoms with Gasteiger partial charge in [0.05, 0.1) is 0 Å². The number of hydrogen-bond acceptors (Lipinski definition) is 3. The topological polar surface area (TPSA) is 60.7 Å².